The normalized spacial score (nSPS) is 18.5. The molecule has 0 unspecified atom stereocenters. The highest BCUT2D eigenvalue weighted by atomic mass is 32.1. The third-order valence-corrected chi connectivity index (χ3v) is 6.34. The summed E-state index contributed by atoms with van der Waals surface area (Å²) in [6, 6.07) is 7.98. The number of carbonyl (C=O) groups is 1. The van der Waals surface area contributed by atoms with Crippen molar-refractivity contribution in [1.29, 1.82) is 5.26 Å². The molecule has 1 amide bonds. The molecule has 2 aromatic heterocycles. The van der Waals surface area contributed by atoms with E-state index in [0.717, 1.165) is 12.8 Å². The lowest BCUT2D eigenvalue weighted by atomic mass is 9.98. The SMILES string of the molecule is Cc1c(C#N)ccnc1O[C@@H]1CC[C@@H](C)N(C(=O)c2cc(F)ccc2-c2nccs2)C1. The van der Waals surface area contributed by atoms with Crippen molar-refractivity contribution in [3.05, 3.63) is 64.5 Å². The zero-order chi connectivity index (χ0) is 22.0. The number of likely N-dealkylation sites (tertiary alicyclic amines) is 1. The molecule has 0 N–H and O–H groups in total. The van der Waals surface area contributed by atoms with Crippen LogP contribution in [0.4, 0.5) is 4.39 Å². The number of thiazole rings is 1. The molecule has 158 valence electrons. The van der Waals surface area contributed by atoms with Gasteiger partial charge in [0.2, 0.25) is 5.88 Å². The van der Waals surface area contributed by atoms with Crippen molar-refractivity contribution in [1.82, 2.24) is 14.9 Å². The lowest BCUT2D eigenvalue weighted by Crippen LogP contribution is -2.49. The number of pyridine rings is 1. The molecule has 1 aliphatic rings. The van der Waals surface area contributed by atoms with Gasteiger partial charge in [0.15, 0.2) is 0 Å². The molecule has 0 spiro atoms. The molecular formula is C23H21FN4O2S. The van der Waals surface area contributed by atoms with Gasteiger partial charge in [-0.05, 0) is 51.0 Å². The molecule has 3 heterocycles. The maximum absolute atomic E-state index is 14.0. The van der Waals surface area contributed by atoms with Crippen LogP contribution in [-0.2, 0) is 0 Å². The fraction of sp³-hybridized carbons (Fsp3) is 0.304. The molecule has 1 aromatic carbocycles. The van der Waals surface area contributed by atoms with Gasteiger partial charge in [-0.1, -0.05) is 0 Å². The number of benzene rings is 1. The first-order chi connectivity index (χ1) is 15.0. The number of amides is 1. The summed E-state index contributed by atoms with van der Waals surface area (Å²) >= 11 is 1.40. The Bertz CT molecular complexity index is 1140. The number of aromatic nitrogens is 2. The van der Waals surface area contributed by atoms with Crippen LogP contribution in [0.15, 0.2) is 42.0 Å². The summed E-state index contributed by atoms with van der Waals surface area (Å²) in [7, 11) is 0. The molecule has 3 aromatic rings. The smallest absolute Gasteiger partial charge is 0.255 e. The maximum Gasteiger partial charge on any atom is 0.255 e. The average Bonchev–Trinajstić information content (AvgIpc) is 3.30. The fourth-order valence-electron chi connectivity index (χ4n) is 3.76. The zero-order valence-electron chi connectivity index (χ0n) is 17.2. The summed E-state index contributed by atoms with van der Waals surface area (Å²) < 4.78 is 20.1. The first-order valence-electron chi connectivity index (χ1n) is 10.0. The predicted octanol–water partition coefficient (Wildman–Crippen LogP) is 4.60. The van der Waals surface area contributed by atoms with Gasteiger partial charge in [0.25, 0.3) is 5.91 Å². The van der Waals surface area contributed by atoms with Gasteiger partial charge in [0, 0.05) is 34.9 Å². The number of nitriles is 1. The average molecular weight is 437 g/mol. The van der Waals surface area contributed by atoms with E-state index in [-0.39, 0.29) is 18.1 Å². The van der Waals surface area contributed by atoms with Crippen molar-refractivity contribution in [2.75, 3.05) is 6.54 Å². The second-order valence-electron chi connectivity index (χ2n) is 7.55. The van der Waals surface area contributed by atoms with Crippen molar-refractivity contribution in [2.24, 2.45) is 0 Å². The Morgan fingerprint density at radius 1 is 1.29 bits per heavy atom. The molecule has 0 saturated carbocycles. The van der Waals surface area contributed by atoms with Crippen molar-refractivity contribution in [2.45, 2.75) is 38.8 Å². The molecule has 6 nitrogen and oxygen atoms in total. The van der Waals surface area contributed by atoms with E-state index < -0.39 is 5.82 Å². The van der Waals surface area contributed by atoms with Crippen LogP contribution in [0.25, 0.3) is 10.6 Å². The monoisotopic (exact) mass is 436 g/mol. The molecule has 31 heavy (non-hydrogen) atoms. The number of halogens is 1. The molecule has 1 saturated heterocycles. The molecule has 0 bridgehead atoms. The van der Waals surface area contributed by atoms with Crippen LogP contribution in [0.1, 0.15) is 41.3 Å². The quantitative estimate of drug-likeness (QED) is 0.597. The van der Waals surface area contributed by atoms with E-state index >= 15 is 0 Å². The van der Waals surface area contributed by atoms with E-state index in [4.69, 9.17) is 4.74 Å². The van der Waals surface area contributed by atoms with Crippen LogP contribution < -0.4 is 4.74 Å². The van der Waals surface area contributed by atoms with Crippen LogP contribution in [-0.4, -0.2) is 39.5 Å². The number of hydrogen-bond donors (Lipinski definition) is 0. The maximum atomic E-state index is 14.0. The minimum Gasteiger partial charge on any atom is -0.472 e. The lowest BCUT2D eigenvalue weighted by molar-refractivity contribution is 0.0371. The van der Waals surface area contributed by atoms with Crippen molar-refractivity contribution < 1.29 is 13.9 Å². The van der Waals surface area contributed by atoms with Crippen LogP contribution in [0.2, 0.25) is 0 Å². The third kappa shape index (κ3) is 4.28. The molecular weight excluding hydrogens is 415 g/mol. The van der Waals surface area contributed by atoms with E-state index in [1.165, 1.54) is 23.5 Å². The van der Waals surface area contributed by atoms with Gasteiger partial charge in [-0.25, -0.2) is 14.4 Å². The molecule has 0 aliphatic carbocycles. The Morgan fingerprint density at radius 3 is 2.87 bits per heavy atom. The summed E-state index contributed by atoms with van der Waals surface area (Å²) in [5.74, 6) is -0.310. The largest absolute Gasteiger partial charge is 0.472 e. The van der Waals surface area contributed by atoms with Gasteiger partial charge >= 0.3 is 0 Å². The first-order valence-corrected chi connectivity index (χ1v) is 10.9. The summed E-state index contributed by atoms with van der Waals surface area (Å²) in [5.41, 5.74) is 2.10. The van der Waals surface area contributed by atoms with Crippen LogP contribution in [0, 0.1) is 24.1 Å². The Morgan fingerprint density at radius 2 is 2.13 bits per heavy atom. The number of nitrogens with zero attached hydrogens (tertiary/aromatic N) is 4. The lowest BCUT2D eigenvalue weighted by Gasteiger charge is -2.38. The van der Waals surface area contributed by atoms with E-state index in [1.54, 1.807) is 36.4 Å². The minimum atomic E-state index is -0.464. The highest BCUT2D eigenvalue weighted by Crippen LogP contribution is 2.30. The zero-order valence-corrected chi connectivity index (χ0v) is 18.0. The summed E-state index contributed by atoms with van der Waals surface area (Å²) in [5, 5.41) is 11.7. The highest BCUT2D eigenvalue weighted by Gasteiger charge is 2.32. The number of hydrogen-bond acceptors (Lipinski definition) is 6. The molecule has 2 atom stereocenters. The number of piperidine rings is 1. The van der Waals surface area contributed by atoms with Crippen LogP contribution in [0.5, 0.6) is 5.88 Å². The standard InChI is InChI=1S/C23H21FN4O2S/c1-14-3-5-18(30-21-15(2)16(12-25)7-8-26-21)13-28(14)23(29)20-11-17(24)4-6-19(20)22-27-9-10-31-22/h4,6-11,14,18H,3,5,13H2,1-2H3/t14-,18-/m1/s1. The van der Waals surface area contributed by atoms with Gasteiger partial charge in [0.1, 0.15) is 16.9 Å². The van der Waals surface area contributed by atoms with Gasteiger partial charge in [-0.15, -0.1) is 11.3 Å². The molecule has 1 aliphatic heterocycles. The Balaban J connectivity index is 1.59. The Kier molecular flexibility index (Phi) is 5.96. The van der Waals surface area contributed by atoms with Crippen molar-refractivity contribution >= 4 is 17.2 Å². The van der Waals surface area contributed by atoms with E-state index in [2.05, 4.69) is 16.0 Å². The predicted molar refractivity (Wildman–Crippen MR) is 115 cm³/mol. The third-order valence-electron chi connectivity index (χ3n) is 5.53. The van der Waals surface area contributed by atoms with Gasteiger partial charge in [-0.2, -0.15) is 5.26 Å². The fourth-order valence-corrected chi connectivity index (χ4v) is 4.44. The summed E-state index contributed by atoms with van der Waals surface area (Å²) in [6.45, 7) is 4.13. The molecule has 8 heteroatoms. The second kappa shape index (κ2) is 8.82. The highest BCUT2D eigenvalue weighted by molar-refractivity contribution is 7.13. The summed E-state index contributed by atoms with van der Waals surface area (Å²) in [6.07, 6.45) is 4.44. The second-order valence-corrected chi connectivity index (χ2v) is 8.45. The number of ether oxygens (including phenoxy) is 1. The van der Waals surface area contributed by atoms with Crippen LogP contribution in [0.3, 0.4) is 0 Å². The van der Waals surface area contributed by atoms with Crippen LogP contribution >= 0.6 is 11.3 Å². The van der Waals surface area contributed by atoms with E-state index in [0.29, 0.717) is 39.7 Å². The van der Waals surface area contributed by atoms with E-state index in [9.17, 15) is 14.4 Å². The molecule has 0 radical (unpaired) electrons. The van der Waals surface area contributed by atoms with Crippen molar-refractivity contribution in [3.63, 3.8) is 0 Å². The first kappa shape index (κ1) is 20.9. The van der Waals surface area contributed by atoms with Crippen molar-refractivity contribution in [3.8, 4) is 22.5 Å². The molecule has 4 rings (SSSR count). The van der Waals surface area contributed by atoms with E-state index in [1.807, 2.05) is 12.3 Å². The Labute approximate surface area is 183 Å². The van der Waals surface area contributed by atoms with Gasteiger partial charge in [0.05, 0.1) is 23.7 Å². The van der Waals surface area contributed by atoms with Gasteiger partial charge < -0.3 is 9.64 Å². The number of rotatable bonds is 4. The molecule has 1 fully saturated rings. The van der Waals surface area contributed by atoms with Gasteiger partial charge in [-0.3, -0.25) is 4.79 Å². The topological polar surface area (TPSA) is 79.1 Å². The minimum absolute atomic E-state index is 0.0146. The summed E-state index contributed by atoms with van der Waals surface area (Å²) in [4.78, 5) is 23.7. The Hall–Kier alpha value is -3.31. The number of carbonyl (C=O) groups excluding carboxylic acids is 1.